The molecule has 0 radical (unpaired) electrons. The number of nitrogens with zero attached hydrogens (tertiary/aromatic N) is 5. The highest BCUT2D eigenvalue weighted by Crippen LogP contribution is 2.29. The molecule has 9 heteroatoms. The quantitative estimate of drug-likeness (QED) is 0.872. The summed E-state index contributed by atoms with van der Waals surface area (Å²) in [6, 6.07) is 5.75. The topological polar surface area (TPSA) is 81.0 Å². The molecule has 0 bridgehead atoms. The number of anilines is 1. The first-order chi connectivity index (χ1) is 12.2. The zero-order chi connectivity index (χ0) is 18.9. The molecule has 1 fully saturated rings. The van der Waals surface area contributed by atoms with Gasteiger partial charge in [-0.25, -0.2) is 14.2 Å². The predicted molar refractivity (Wildman–Crippen MR) is 92.4 cm³/mol. The number of amides is 1. The van der Waals surface area contributed by atoms with Gasteiger partial charge in [-0.2, -0.15) is 5.01 Å². The predicted octanol–water partition coefficient (Wildman–Crippen LogP) is 2.91. The Kier molecular flexibility index (Phi) is 4.99. The molecule has 1 saturated heterocycles. The molecule has 26 heavy (non-hydrogen) atoms. The van der Waals surface area contributed by atoms with Crippen LogP contribution in [0.1, 0.15) is 33.6 Å². The molecule has 1 aromatic rings. The van der Waals surface area contributed by atoms with Crippen LogP contribution in [-0.2, 0) is 4.74 Å². The number of aliphatic hydroxyl groups is 1. The van der Waals surface area contributed by atoms with E-state index in [9.17, 15) is 14.3 Å². The van der Waals surface area contributed by atoms with Crippen molar-refractivity contribution in [3.05, 3.63) is 30.1 Å². The van der Waals surface area contributed by atoms with Gasteiger partial charge in [-0.05, 0) is 62.3 Å². The van der Waals surface area contributed by atoms with Crippen LogP contribution >= 0.6 is 0 Å². The van der Waals surface area contributed by atoms with Gasteiger partial charge in [0.05, 0.1) is 11.7 Å². The van der Waals surface area contributed by atoms with E-state index in [4.69, 9.17) is 4.74 Å². The zero-order valence-electron chi connectivity index (χ0n) is 15.2. The Bertz CT molecular complexity index is 685. The second kappa shape index (κ2) is 7.06. The number of hydrogen-bond acceptors (Lipinski definition) is 7. The van der Waals surface area contributed by atoms with Gasteiger partial charge in [0.1, 0.15) is 11.4 Å². The highest BCUT2D eigenvalue weighted by molar-refractivity contribution is 5.68. The number of halogens is 1. The number of piperidine rings is 1. The smallest absolute Gasteiger partial charge is 0.410 e. The van der Waals surface area contributed by atoms with Crippen molar-refractivity contribution in [2.45, 2.75) is 51.6 Å². The first-order valence-corrected chi connectivity index (χ1v) is 8.65. The lowest BCUT2D eigenvalue weighted by molar-refractivity contribution is -0.0270. The van der Waals surface area contributed by atoms with Crippen LogP contribution in [0.4, 0.5) is 14.9 Å². The van der Waals surface area contributed by atoms with Crippen LogP contribution in [0.3, 0.4) is 0 Å². The van der Waals surface area contributed by atoms with Crippen LogP contribution in [0, 0.1) is 5.82 Å². The van der Waals surface area contributed by atoms with Crippen molar-refractivity contribution in [2.75, 3.05) is 18.1 Å². The molecule has 1 aromatic carbocycles. The Morgan fingerprint density at radius 2 is 1.96 bits per heavy atom. The second-order valence-corrected chi connectivity index (χ2v) is 7.43. The van der Waals surface area contributed by atoms with Crippen LogP contribution in [-0.4, -0.2) is 52.2 Å². The van der Waals surface area contributed by atoms with Crippen molar-refractivity contribution in [2.24, 2.45) is 10.4 Å². The molecule has 142 valence electrons. The normalized spacial score (nSPS) is 21.4. The minimum Gasteiger partial charge on any atom is -0.444 e. The van der Waals surface area contributed by atoms with E-state index in [0.717, 1.165) is 0 Å². The molecule has 2 heterocycles. The fraction of sp³-hybridized carbons (Fsp3) is 0.588. The average Bonchev–Trinajstić information content (AvgIpc) is 2.95. The van der Waals surface area contributed by atoms with Gasteiger partial charge in [-0.1, -0.05) is 6.07 Å². The van der Waals surface area contributed by atoms with E-state index in [2.05, 4.69) is 10.4 Å². The lowest BCUT2D eigenvalue weighted by Gasteiger charge is -2.37. The monoisotopic (exact) mass is 365 g/mol. The molecule has 1 amide bonds. The number of carbonyl (C=O) groups is 1. The highest BCUT2D eigenvalue weighted by Gasteiger charge is 2.37. The van der Waals surface area contributed by atoms with Gasteiger partial charge >= 0.3 is 6.09 Å². The molecule has 1 unspecified atom stereocenters. The second-order valence-electron chi connectivity index (χ2n) is 7.43. The van der Waals surface area contributed by atoms with Crippen LogP contribution in [0.25, 0.3) is 0 Å². The van der Waals surface area contributed by atoms with Gasteiger partial charge in [0, 0.05) is 13.1 Å². The first-order valence-electron chi connectivity index (χ1n) is 8.65. The molecule has 0 spiro atoms. The van der Waals surface area contributed by atoms with Crippen molar-refractivity contribution >= 4 is 11.8 Å². The molecular formula is C17H24FN5O3. The van der Waals surface area contributed by atoms with Crippen molar-refractivity contribution in [3.8, 4) is 0 Å². The fourth-order valence-electron chi connectivity index (χ4n) is 3.00. The van der Waals surface area contributed by atoms with Gasteiger partial charge in [-0.15, -0.1) is 0 Å². The number of benzene rings is 1. The summed E-state index contributed by atoms with van der Waals surface area (Å²) in [4.78, 5) is 13.8. The average molecular weight is 365 g/mol. The van der Waals surface area contributed by atoms with E-state index in [1.807, 2.05) is 20.8 Å². The number of aliphatic hydroxyl groups excluding tert-OH is 1. The largest absolute Gasteiger partial charge is 0.444 e. The molecular weight excluding hydrogens is 341 g/mol. The summed E-state index contributed by atoms with van der Waals surface area (Å²) in [5.41, 5.74) is -0.103. The lowest BCUT2D eigenvalue weighted by Crippen LogP contribution is -2.50. The van der Waals surface area contributed by atoms with E-state index in [-0.39, 0.29) is 12.1 Å². The number of ether oxygens (including phenoxy) is 1. The minimum atomic E-state index is -1.10. The molecule has 1 N–H and O–H groups in total. The third-order valence-electron chi connectivity index (χ3n) is 4.26. The minimum absolute atomic E-state index is 0.0639. The van der Waals surface area contributed by atoms with E-state index in [1.165, 1.54) is 22.2 Å². The maximum atomic E-state index is 13.4. The van der Waals surface area contributed by atoms with Gasteiger partial charge < -0.3 is 14.7 Å². The van der Waals surface area contributed by atoms with Gasteiger partial charge in [0.25, 0.3) is 0 Å². The van der Waals surface area contributed by atoms with E-state index < -0.39 is 17.8 Å². The van der Waals surface area contributed by atoms with Crippen LogP contribution in [0.5, 0.6) is 0 Å². The fourth-order valence-corrected chi connectivity index (χ4v) is 3.00. The van der Waals surface area contributed by atoms with E-state index in [0.29, 0.717) is 31.6 Å². The summed E-state index contributed by atoms with van der Waals surface area (Å²) in [6.07, 6.45) is -0.172. The summed E-state index contributed by atoms with van der Waals surface area (Å²) < 4.78 is 18.8. The summed E-state index contributed by atoms with van der Waals surface area (Å²) in [7, 11) is 0. The number of hydrogen-bond donors (Lipinski definition) is 1. The summed E-state index contributed by atoms with van der Waals surface area (Å²) in [5.74, 6) is -0.408. The number of rotatable bonds is 2. The van der Waals surface area contributed by atoms with Gasteiger partial charge in [-0.3, -0.25) is 0 Å². The van der Waals surface area contributed by atoms with Crippen molar-refractivity contribution in [3.63, 3.8) is 0 Å². The molecule has 1 atom stereocenters. The molecule has 0 aliphatic carbocycles. The third-order valence-corrected chi connectivity index (χ3v) is 4.26. The maximum absolute atomic E-state index is 13.4. The summed E-state index contributed by atoms with van der Waals surface area (Å²) >= 11 is 0. The Labute approximate surface area is 151 Å². The zero-order valence-corrected chi connectivity index (χ0v) is 15.2. The molecule has 2 aliphatic rings. The lowest BCUT2D eigenvalue weighted by atomic mass is 10.1. The van der Waals surface area contributed by atoms with Crippen molar-refractivity contribution < 1.29 is 19.0 Å². The standard InChI is InChI=1S/C17H24FN5O3/c1-17(2,3)26-16(25)21-9-7-13(8-10-21)22-15(24)23(20-19-22)14-6-4-5-12(18)11-14/h4-6,11,13,15,24H,7-10H2,1-3H3. The van der Waals surface area contributed by atoms with Crippen LogP contribution in [0.2, 0.25) is 0 Å². The van der Waals surface area contributed by atoms with Crippen molar-refractivity contribution in [1.29, 1.82) is 0 Å². The summed E-state index contributed by atoms with van der Waals surface area (Å²) in [5, 5.41) is 21.3. The van der Waals surface area contributed by atoms with Crippen molar-refractivity contribution in [1.82, 2.24) is 9.91 Å². The summed E-state index contributed by atoms with van der Waals surface area (Å²) in [6.45, 7) is 6.52. The third kappa shape index (κ3) is 4.04. The molecule has 0 saturated carbocycles. The maximum Gasteiger partial charge on any atom is 0.410 e. The molecule has 3 rings (SSSR count). The SMILES string of the molecule is CC(C)(C)OC(=O)N1CCC(N2N=NN(c3cccc(F)c3)C2O)CC1. The van der Waals surface area contributed by atoms with Crippen LogP contribution in [0.15, 0.2) is 34.7 Å². The number of carbonyl (C=O) groups excluding carboxylic acids is 1. The molecule has 8 nitrogen and oxygen atoms in total. The molecule has 0 aromatic heterocycles. The first kappa shape index (κ1) is 18.4. The van der Waals surface area contributed by atoms with Gasteiger partial charge in [0.2, 0.25) is 6.35 Å². The van der Waals surface area contributed by atoms with Gasteiger partial charge in [0.15, 0.2) is 0 Å². The van der Waals surface area contributed by atoms with E-state index in [1.54, 1.807) is 17.0 Å². The Morgan fingerprint density at radius 3 is 2.58 bits per heavy atom. The highest BCUT2D eigenvalue weighted by atomic mass is 19.1. The van der Waals surface area contributed by atoms with Crippen LogP contribution < -0.4 is 5.01 Å². The Balaban J connectivity index is 1.57. The Morgan fingerprint density at radius 1 is 1.27 bits per heavy atom. The van der Waals surface area contributed by atoms with E-state index >= 15 is 0 Å². The Hall–Kier alpha value is -2.42. The number of likely N-dealkylation sites (tertiary alicyclic amines) is 1. The molecule has 2 aliphatic heterocycles.